The SMILES string of the molecule is O=C1NC(=Nc2ccc(Cl)c(C(F)(F)F)c2)SC1=Cc1cccnc1. The highest BCUT2D eigenvalue weighted by atomic mass is 35.5. The molecule has 9 heteroatoms. The summed E-state index contributed by atoms with van der Waals surface area (Å²) < 4.78 is 38.7. The Hall–Kier alpha value is -2.32. The maximum atomic E-state index is 12.9. The maximum absolute atomic E-state index is 12.9. The van der Waals surface area contributed by atoms with Crippen molar-refractivity contribution < 1.29 is 18.0 Å². The number of carbonyl (C=O) groups is 1. The lowest BCUT2D eigenvalue weighted by molar-refractivity contribution is -0.137. The molecule has 1 aromatic heterocycles. The number of nitrogens with one attached hydrogen (secondary N) is 1. The summed E-state index contributed by atoms with van der Waals surface area (Å²) >= 11 is 6.61. The molecule has 0 saturated carbocycles. The molecule has 0 aliphatic carbocycles. The van der Waals surface area contributed by atoms with Gasteiger partial charge in [-0.1, -0.05) is 17.7 Å². The van der Waals surface area contributed by atoms with Crippen LogP contribution in [0.15, 0.2) is 52.6 Å². The third kappa shape index (κ3) is 4.21. The molecule has 128 valence electrons. The Morgan fingerprint density at radius 3 is 2.76 bits per heavy atom. The van der Waals surface area contributed by atoms with E-state index in [2.05, 4.69) is 15.3 Å². The van der Waals surface area contributed by atoms with Crippen molar-refractivity contribution in [3.8, 4) is 0 Å². The number of hydrogen-bond acceptors (Lipinski definition) is 4. The Morgan fingerprint density at radius 2 is 2.08 bits per heavy atom. The van der Waals surface area contributed by atoms with Crippen LogP contribution in [0.5, 0.6) is 0 Å². The van der Waals surface area contributed by atoms with E-state index in [0.29, 0.717) is 4.91 Å². The summed E-state index contributed by atoms with van der Waals surface area (Å²) in [6.45, 7) is 0. The molecule has 1 amide bonds. The molecule has 3 rings (SSSR count). The van der Waals surface area contributed by atoms with Gasteiger partial charge < -0.3 is 5.32 Å². The van der Waals surface area contributed by atoms with Crippen LogP contribution in [0.1, 0.15) is 11.1 Å². The fourth-order valence-corrected chi connectivity index (χ4v) is 3.08. The molecule has 4 nitrogen and oxygen atoms in total. The lowest BCUT2D eigenvalue weighted by Gasteiger charge is -2.09. The first-order valence-corrected chi connectivity index (χ1v) is 8.09. The van der Waals surface area contributed by atoms with Gasteiger partial charge >= 0.3 is 6.18 Å². The Kier molecular flexibility index (Phi) is 4.82. The van der Waals surface area contributed by atoms with Gasteiger partial charge in [-0.05, 0) is 47.7 Å². The predicted octanol–water partition coefficient (Wildman–Crippen LogP) is 4.65. The standard InChI is InChI=1S/C16H9ClF3N3OS/c17-12-4-3-10(7-11(12)16(18,19)20)22-15-23-14(24)13(25-15)6-9-2-1-5-21-8-9/h1-8H,(H,22,23,24). The highest BCUT2D eigenvalue weighted by Gasteiger charge is 2.33. The van der Waals surface area contributed by atoms with E-state index in [1.54, 1.807) is 30.6 Å². The summed E-state index contributed by atoms with van der Waals surface area (Å²) in [5.74, 6) is -0.377. The summed E-state index contributed by atoms with van der Waals surface area (Å²) in [5.41, 5.74) is -0.203. The quantitative estimate of drug-likeness (QED) is 0.768. The van der Waals surface area contributed by atoms with E-state index in [0.717, 1.165) is 29.5 Å². The van der Waals surface area contributed by atoms with Gasteiger partial charge in [0.05, 0.1) is 21.2 Å². The van der Waals surface area contributed by atoms with Crippen molar-refractivity contribution in [2.45, 2.75) is 6.18 Å². The third-order valence-corrected chi connectivity index (χ3v) is 4.36. The number of carbonyl (C=O) groups excluding carboxylic acids is 1. The van der Waals surface area contributed by atoms with Crippen molar-refractivity contribution in [1.82, 2.24) is 10.3 Å². The molecule has 0 unspecified atom stereocenters. The first kappa shape index (κ1) is 17.5. The van der Waals surface area contributed by atoms with Crippen LogP contribution in [0.25, 0.3) is 6.08 Å². The zero-order valence-corrected chi connectivity index (χ0v) is 13.9. The Labute approximate surface area is 149 Å². The van der Waals surface area contributed by atoms with Crippen LogP contribution in [0.4, 0.5) is 18.9 Å². The number of hydrogen-bond donors (Lipinski definition) is 1. The number of thioether (sulfide) groups is 1. The van der Waals surface area contributed by atoms with Crippen molar-refractivity contribution >= 4 is 46.2 Å². The van der Waals surface area contributed by atoms with Gasteiger partial charge in [0.15, 0.2) is 5.17 Å². The first-order chi connectivity index (χ1) is 11.8. The summed E-state index contributed by atoms with van der Waals surface area (Å²) in [7, 11) is 0. The van der Waals surface area contributed by atoms with Gasteiger partial charge in [0.1, 0.15) is 0 Å². The molecule has 0 spiro atoms. The summed E-state index contributed by atoms with van der Waals surface area (Å²) in [6.07, 6.45) is 0.240. The number of alkyl halides is 3. The van der Waals surface area contributed by atoms with Gasteiger partial charge in [-0.2, -0.15) is 13.2 Å². The van der Waals surface area contributed by atoms with Crippen LogP contribution in [0, 0.1) is 0 Å². The number of amides is 1. The van der Waals surface area contributed by atoms with Crippen LogP contribution in [0.3, 0.4) is 0 Å². The maximum Gasteiger partial charge on any atom is 0.417 e. The highest BCUT2D eigenvalue weighted by Crippen LogP contribution is 2.37. The van der Waals surface area contributed by atoms with Crippen molar-refractivity contribution in [3.05, 3.63) is 63.8 Å². The molecule has 0 radical (unpaired) electrons. The van der Waals surface area contributed by atoms with Crippen molar-refractivity contribution in [1.29, 1.82) is 0 Å². The number of rotatable bonds is 2. The molecule has 0 bridgehead atoms. The molecule has 1 fully saturated rings. The van der Waals surface area contributed by atoms with Gasteiger partial charge in [0.2, 0.25) is 0 Å². The number of nitrogens with zero attached hydrogens (tertiary/aromatic N) is 2. The Balaban J connectivity index is 1.87. The van der Waals surface area contributed by atoms with Crippen molar-refractivity contribution in [2.75, 3.05) is 0 Å². The van der Waals surface area contributed by atoms with Gasteiger partial charge in [0.25, 0.3) is 5.91 Å². The number of benzene rings is 1. The normalized spacial score (nSPS) is 18.0. The van der Waals surface area contributed by atoms with E-state index in [9.17, 15) is 18.0 Å². The topological polar surface area (TPSA) is 54.4 Å². The van der Waals surface area contributed by atoms with Crippen LogP contribution in [-0.4, -0.2) is 16.1 Å². The van der Waals surface area contributed by atoms with E-state index < -0.39 is 16.8 Å². The fourth-order valence-electron chi connectivity index (χ4n) is 2.01. The molecule has 25 heavy (non-hydrogen) atoms. The van der Waals surface area contributed by atoms with Crippen molar-refractivity contribution in [3.63, 3.8) is 0 Å². The lowest BCUT2D eigenvalue weighted by Crippen LogP contribution is -2.19. The summed E-state index contributed by atoms with van der Waals surface area (Å²) in [5, 5.41) is 2.30. The minimum atomic E-state index is -4.58. The molecular formula is C16H9ClF3N3OS. The molecule has 1 aliphatic heterocycles. The van der Waals surface area contributed by atoms with Crippen molar-refractivity contribution in [2.24, 2.45) is 4.99 Å². The Bertz CT molecular complexity index is 882. The van der Waals surface area contributed by atoms with Gasteiger partial charge in [-0.15, -0.1) is 0 Å². The average Bonchev–Trinajstić information content (AvgIpc) is 2.88. The molecule has 1 saturated heterocycles. The molecule has 1 aliphatic rings. The number of amidine groups is 1. The molecule has 2 aromatic rings. The number of pyridine rings is 1. The van der Waals surface area contributed by atoms with E-state index in [1.807, 2.05) is 0 Å². The van der Waals surface area contributed by atoms with E-state index in [4.69, 9.17) is 11.6 Å². The van der Waals surface area contributed by atoms with E-state index in [-0.39, 0.29) is 16.8 Å². The first-order valence-electron chi connectivity index (χ1n) is 6.89. The zero-order chi connectivity index (χ0) is 18.0. The summed E-state index contributed by atoms with van der Waals surface area (Å²) in [6, 6.07) is 6.81. The summed E-state index contributed by atoms with van der Waals surface area (Å²) in [4.78, 5) is 20.3. The van der Waals surface area contributed by atoms with Gasteiger partial charge in [0, 0.05) is 12.4 Å². The molecule has 1 N–H and O–H groups in total. The lowest BCUT2D eigenvalue weighted by atomic mass is 10.2. The largest absolute Gasteiger partial charge is 0.417 e. The van der Waals surface area contributed by atoms with Crippen LogP contribution >= 0.6 is 23.4 Å². The second-order valence-electron chi connectivity index (χ2n) is 4.93. The third-order valence-electron chi connectivity index (χ3n) is 3.12. The average molecular weight is 384 g/mol. The van der Waals surface area contributed by atoms with E-state index >= 15 is 0 Å². The number of halogens is 4. The number of aliphatic imine (C=N–C) groups is 1. The van der Waals surface area contributed by atoms with Crippen LogP contribution in [-0.2, 0) is 11.0 Å². The number of aromatic nitrogens is 1. The zero-order valence-electron chi connectivity index (χ0n) is 12.3. The second kappa shape index (κ2) is 6.89. The minimum absolute atomic E-state index is 0.0437. The van der Waals surface area contributed by atoms with Gasteiger partial charge in [-0.3, -0.25) is 9.78 Å². The van der Waals surface area contributed by atoms with Crippen LogP contribution in [0.2, 0.25) is 5.02 Å². The monoisotopic (exact) mass is 383 g/mol. The molecule has 0 atom stereocenters. The Morgan fingerprint density at radius 1 is 1.28 bits per heavy atom. The van der Waals surface area contributed by atoms with Gasteiger partial charge in [-0.25, -0.2) is 4.99 Å². The molecule has 1 aromatic carbocycles. The predicted molar refractivity (Wildman–Crippen MR) is 91.5 cm³/mol. The van der Waals surface area contributed by atoms with Crippen LogP contribution < -0.4 is 5.32 Å². The second-order valence-corrected chi connectivity index (χ2v) is 6.37. The highest BCUT2D eigenvalue weighted by molar-refractivity contribution is 8.18. The smallest absolute Gasteiger partial charge is 0.300 e. The fraction of sp³-hybridized carbons (Fsp3) is 0.0625. The minimum Gasteiger partial charge on any atom is -0.300 e. The molecule has 2 heterocycles. The molecular weight excluding hydrogens is 375 g/mol. The van der Waals surface area contributed by atoms with E-state index in [1.165, 1.54) is 6.07 Å².